The van der Waals surface area contributed by atoms with Gasteiger partial charge in [-0.3, -0.25) is 4.79 Å². The van der Waals surface area contributed by atoms with E-state index in [1.54, 1.807) is 12.0 Å². The zero-order valence-electron chi connectivity index (χ0n) is 8.12. The Morgan fingerprint density at radius 2 is 2.31 bits per heavy atom. The molecular weight excluding hydrogens is 234 g/mol. The van der Waals surface area contributed by atoms with E-state index >= 15 is 0 Å². The molecule has 0 N–H and O–H groups in total. The number of nitrogens with zero attached hydrogens (tertiary/aromatic N) is 1. The van der Waals surface area contributed by atoms with E-state index in [0.29, 0.717) is 12.5 Å². The second-order valence-electron chi connectivity index (χ2n) is 3.55. The molecule has 1 rings (SSSR count). The standard InChI is InChI=1S/C9H16BrNO2/c1-11(5-8(10)6-13-2)9(12)7-3-4-7/h7-8H,3-6H2,1-2H3. The van der Waals surface area contributed by atoms with E-state index in [1.165, 1.54) is 0 Å². The number of halogens is 1. The Bertz CT molecular complexity index is 182. The predicted molar refractivity (Wildman–Crippen MR) is 55.0 cm³/mol. The Kier molecular flexibility index (Phi) is 4.19. The smallest absolute Gasteiger partial charge is 0.225 e. The van der Waals surface area contributed by atoms with E-state index < -0.39 is 0 Å². The van der Waals surface area contributed by atoms with Gasteiger partial charge in [-0.05, 0) is 12.8 Å². The molecule has 0 aliphatic heterocycles. The van der Waals surface area contributed by atoms with Gasteiger partial charge in [0.15, 0.2) is 0 Å². The number of hydrogen-bond donors (Lipinski definition) is 0. The van der Waals surface area contributed by atoms with Gasteiger partial charge < -0.3 is 9.64 Å². The Morgan fingerprint density at radius 1 is 1.69 bits per heavy atom. The van der Waals surface area contributed by atoms with Gasteiger partial charge in [0.25, 0.3) is 0 Å². The lowest BCUT2D eigenvalue weighted by Crippen LogP contribution is -2.34. The van der Waals surface area contributed by atoms with Gasteiger partial charge in [-0.2, -0.15) is 0 Å². The van der Waals surface area contributed by atoms with Gasteiger partial charge in [-0.25, -0.2) is 0 Å². The van der Waals surface area contributed by atoms with E-state index in [0.717, 1.165) is 19.4 Å². The second kappa shape index (κ2) is 4.96. The molecule has 0 aromatic rings. The summed E-state index contributed by atoms with van der Waals surface area (Å²) in [6, 6.07) is 0. The quantitative estimate of drug-likeness (QED) is 0.687. The Morgan fingerprint density at radius 3 is 2.77 bits per heavy atom. The molecule has 1 atom stereocenters. The molecule has 1 aliphatic rings. The lowest BCUT2D eigenvalue weighted by Gasteiger charge is -2.19. The van der Waals surface area contributed by atoms with Crippen molar-refractivity contribution >= 4 is 21.8 Å². The molecular formula is C9H16BrNO2. The molecule has 0 saturated heterocycles. The largest absolute Gasteiger partial charge is 0.383 e. The van der Waals surface area contributed by atoms with Crippen molar-refractivity contribution in [1.82, 2.24) is 4.90 Å². The summed E-state index contributed by atoms with van der Waals surface area (Å²) in [5, 5.41) is 0. The average molecular weight is 250 g/mol. The summed E-state index contributed by atoms with van der Waals surface area (Å²) < 4.78 is 4.98. The van der Waals surface area contributed by atoms with Crippen LogP contribution in [0.5, 0.6) is 0 Å². The van der Waals surface area contributed by atoms with Crippen LogP contribution in [0.1, 0.15) is 12.8 Å². The van der Waals surface area contributed by atoms with Gasteiger partial charge in [0.1, 0.15) is 0 Å². The topological polar surface area (TPSA) is 29.5 Å². The van der Waals surface area contributed by atoms with E-state index in [4.69, 9.17) is 4.74 Å². The first-order valence-electron chi connectivity index (χ1n) is 4.53. The van der Waals surface area contributed by atoms with Crippen molar-refractivity contribution < 1.29 is 9.53 Å². The molecule has 1 saturated carbocycles. The third kappa shape index (κ3) is 3.65. The summed E-state index contributed by atoms with van der Waals surface area (Å²) in [7, 11) is 3.52. The van der Waals surface area contributed by atoms with Gasteiger partial charge in [-0.1, -0.05) is 15.9 Å². The van der Waals surface area contributed by atoms with Crippen LogP contribution < -0.4 is 0 Å². The SMILES string of the molecule is COCC(Br)CN(C)C(=O)C1CC1. The number of rotatable bonds is 5. The van der Waals surface area contributed by atoms with Gasteiger partial charge in [0.05, 0.1) is 11.4 Å². The Hall–Kier alpha value is -0.0900. The third-order valence-corrected chi connectivity index (χ3v) is 2.68. The molecule has 0 aromatic carbocycles. The fourth-order valence-electron chi connectivity index (χ4n) is 1.26. The molecule has 0 radical (unpaired) electrons. The number of alkyl halides is 1. The van der Waals surface area contributed by atoms with E-state index in [-0.39, 0.29) is 10.7 Å². The van der Waals surface area contributed by atoms with Crippen LogP contribution in [0.3, 0.4) is 0 Å². The molecule has 3 nitrogen and oxygen atoms in total. The van der Waals surface area contributed by atoms with Crippen molar-refractivity contribution in [3.8, 4) is 0 Å². The highest BCUT2D eigenvalue weighted by atomic mass is 79.9. The van der Waals surface area contributed by atoms with Crippen LogP contribution in [0, 0.1) is 5.92 Å². The summed E-state index contributed by atoms with van der Waals surface area (Å²) >= 11 is 3.46. The summed E-state index contributed by atoms with van der Waals surface area (Å²) in [5.41, 5.74) is 0. The molecule has 1 fully saturated rings. The van der Waals surface area contributed by atoms with Crippen molar-refractivity contribution in [2.45, 2.75) is 17.7 Å². The first-order chi connectivity index (χ1) is 6.15. The molecule has 1 unspecified atom stereocenters. The monoisotopic (exact) mass is 249 g/mol. The highest BCUT2D eigenvalue weighted by Crippen LogP contribution is 2.30. The molecule has 76 valence electrons. The number of hydrogen-bond acceptors (Lipinski definition) is 2. The van der Waals surface area contributed by atoms with Gasteiger partial charge in [-0.15, -0.1) is 0 Å². The average Bonchev–Trinajstić information content (AvgIpc) is 2.85. The molecule has 13 heavy (non-hydrogen) atoms. The Labute approximate surface area is 87.6 Å². The Balaban J connectivity index is 2.22. The van der Waals surface area contributed by atoms with Crippen LogP contribution in [0.2, 0.25) is 0 Å². The minimum absolute atomic E-state index is 0.241. The normalized spacial score (nSPS) is 18.4. The maximum atomic E-state index is 11.5. The minimum atomic E-state index is 0.241. The van der Waals surface area contributed by atoms with Crippen molar-refractivity contribution in [2.75, 3.05) is 27.3 Å². The number of carbonyl (C=O) groups is 1. The lowest BCUT2D eigenvalue weighted by molar-refractivity contribution is -0.131. The van der Waals surface area contributed by atoms with Crippen molar-refractivity contribution in [3.05, 3.63) is 0 Å². The van der Waals surface area contributed by atoms with Crippen LogP contribution in [-0.4, -0.2) is 42.9 Å². The van der Waals surface area contributed by atoms with E-state index in [2.05, 4.69) is 15.9 Å². The number of methoxy groups -OCH3 is 1. The fourth-order valence-corrected chi connectivity index (χ4v) is 1.96. The summed E-state index contributed by atoms with van der Waals surface area (Å²) in [5.74, 6) is 0.591. The molecule has 0 aromatic heterocycles. The molecule has 0 bridgehead atoms. The highest BCUT2D eigenvalue weighted by molar-refractivity contribution is 9.09. The van der Waals surface area contributed by atoms with E-state index in [9.17, 15) is 4.79 Å². The summed E-state index contributed by atoms with van der Waals surface area (Å²) in [4.78, 5) is 13.5. The summed E-state index contributed by atoms with van der Waals surface area (Å²) in [6.45, 7) is 1.37. The van der Waals surface area contributed by atoms with Crippen LogP contribution >= 0.6 is 15.9 Å². The van der Waals surface area contributed by atoms with E-state index in [1.807, 2.05) is 7.05 Å². The molecule has 1 aliphatic carbocycles. The summed E-state index contributed by atoms with van der Waals surface area (Å²) in [6.07, 6.45) is 2.14. The maximum Gasteiger partial charge on any atom is 0.225 e. The number of carbonyl (C=O) groups excluding carboxylic acids is 1. The van der Waals surface area contributed by atoms with Crippen molar-refractivity contribution in [3.63, 3.8) is 0 Å². The molecule has 1 amide bonds. The van der Waals surface area contributed by atoms with Gasteiger partial charge in [0, 0.05) is 26.6 Å². The molecule has 0 heterocycles. The van der Waals surface area contributed by atoms with Gasteiger partial charge >= 0.3 is 0 Å². The fraction of sp³-hybridized carbons (Fsp3) is 0.889. The number of ether oxygens (including phenoxy) is 1. The second-order valence-corrected chi connectivity index (χ2v) is 4.84. The molecule has 0 spiro atoms. The molecule has 4 heteroatoms. The zero-order valence-corrected chi connectivity index (χ0v) is 9.71. The minimum Gasteiger partial charge on any atom is -0.383 e. The lowest BCUT2D eigenvalue weighted by atomic mass is 10.3. The van der Waals surface area contributed by atoms with Crippen molar-refractivity contribution in [1.29, 1.82) is 0 Å². The predicted octanol–water partition coefficient (Wildman–Crippen LogP) is 1.26. The van der Waals surface area contributed by atoms with Crippen LogP contribution in [0.15, 0.2) is 0 Å². The maximum absolute atomic E-state index is 11.5. The van der Waals surface area contributed by atoms with Crippen LogP contribution in [0.4, 0.5) is 0 Å². The third-order valence-electron chi connectivity index (χ3n) is 2.12. The first kappa shape index (κ1) is 11.0. The number of amides is 1. The zero-order chi connectivity index (χ0) is 9.84. The highest BCUT2D eigenvalue weighted by Gasteiger charge is 2.32. The van der Waals surface area contributed by atoms with Crippen LogP contribution in [-0.2, 0) is 9.53 Å². The van der Waals surface area contributed by atoms with Crippen LogP contribution in [0.25, 0.3) is 0 Å². The van der Waals surface area contributed by atoms with Gasteiger partial charge in [0.2, 0.25) is 5.91 Å². The first-order valence-corrected chi connectivity index (χ1v) is 5.44. The van der Waals surface area contributed by atoms with Crippen molar-refractivity contribution in [2.24, 2.45) is 5.92 Å².